The van der Waals surface area contributed by atoms with Gasteiger partial charge in [0.25, 0.3) is 0 Å². The van der Waals surface area contributed by atoms with Crippen LogP contribution in [0.5, 0.6) is 11.5 Å². The molecule has 3 aromatic rings. The van der Waals surface area contributed by atoms with E-state index in [0.29, 0.717) is 35.6 Å². The fourth-order valence-corrected chi connectivity index (χ4v) is 3.63. The molecule has 8 heteroatoms. The summed E-state index contributed by atoms with van der Waals surface area (Å²) in [5.41, 5.74) is 1.77. The zero-order valence-electron chi connectivity index (χ0n) is 17.7. The van der Waals surface area contributed by atoms with Crippen molar-refractivity contribution >= 4 is 23.4 Å². The summed E-state index contributed by atoms with van der Waals surface area (Å²) in [6.45, 7) is 9.05. The van der Waals surface area contributed by atoms with E-state index >= 15 is 0 Å². The zero-order valence-corrected chi connectivity index (χ0v) is 18.5. The third-order valence-electron chi connectivity index (χ3n) is 4.26. The van der Waals surface area contributed by atoms with E-state index in [2.05, 4.69) is 22.1 Å². The Morgan fingerprint density at radius 1 is 1.19 bits per heavy atom. The molecule has 0 aliphatic rings. The van der Waals surface area contributed by atoms with Gasteiger partial charge >= 0.3 is 0 Å². The molecule has 1 N–H and O–H groups in total. The Morgan fingerprint density at radius 2 is 2.03 bits per heavy atom. The van der Waals surface area contributed by atoms with Gasteiger partial charge in [0.2, 0.25) is 5.91 Å². The molecule has 0 aliphatic carbocycles. The average Bonchev–Trinajstić information content (AvgIpc) is 3.14. The second-order valence-corrected chi connectivity index (χ2v) is 7.61. The molecule has 1 aromatic heterocycles. The SMILES string of the molecule is C=CCn1c(COc2cccc(C)c2)nnc1SCC(=O)Nc1ccccc1OCC. The van der Waals surface area contributed by atoms with Crippen LogP contribution in [0.3, 0.4) is 0 Å². The van der Waals surface area contributed by atoms with Crippen molar-refractivity contribution in [3.8, 4) is 11.5 Å². The zero-order chi connectivity index (χ0) is 22.1. The molecule has 0 spiro atoms. The van der Waals surface area contributed by atoms with Gasteiger partial charge in [0.15, 0.2) is 11.0 Å². The third kappa shape index (κ3) is 6.36. The third-order valence-corrected chi connectivity index (χ3v) is 5.22. The average molecular weight is 439 g/mol. The quantitative estimate of drug-likeness (QED) is 0.351. The van der Waals surface area contributed by atoms with E-state index in [0.717, 1.165) is 11.3 Å². The first kappa shape index (κ1) is 22.4. The summed E-state index contributed by atoms with van der Waals surface area (Å²) in [5, 5.41) is 12.0. The summed E-state index contributed by atoms with van der Waals surface area (Å²) in [6, 6.07) is 15.2. The summed E-state index contributed by atoms with van der Waals surface area (Å²) in [5.74, 6) is 2.13. The maximum Gasteiger partial charge on any atom is 0.234 e. The Kier molecular flexibility index (Phi) is 8.12. The number of aryl methyl sites for hydroxylation is 1. The number of nitrogens with one attached hydrogen (secondary N) is 1. The first-order valence-corrected chi connectivity index (χ1v) is 11.0. The number of para-hydroxylation sites is 2. The number of allylic oxidation sites excluding steroid dienone is 1. The van der Waals surface area contributed by atoms with Crippen molar-refractivity contribution in [2.45, 2.75) is 32.2 Å². The van der Waals surface area contributed by atoms with Crippen LogP contribution in [-0.2, 0) is 17.9 Å². The summed E-state index contributed by atoms with van der Waals surface area (Å²) in [6.07, 6.45) is 1.77. The van der Waals surface area contributed by atoms with Crippen LogP contribution < -0.4 is 14.8 Å². The number of hydrogen-bond acceptors (Lipinski definition) is 6. The fraction of sp³-hybridized carbons (Fsp3) is 0.261. The summed E-state index contributed by atoms with van der Waals surface area (Å²) >= 11 is 1.31. The van der Waals surface area contributed by atoms with Crippen LogP contribution in [0.4, 0.5) is 5.69 Å². The maximum absolute atomic E-state index is 12.5. The molecular weight excluding hydrogens is 412 g/mol. The number of carbonyl (C=O) groups is 1. The van der Waals surface area contributed by atoms with Crippen molar-refractivity contribution in [3.63, 3.8) is 0 Å². The van der Waals surface area contributed by atoms with E-state index < -0.39 is 0 Å². The normalized spacial score (nSPS) is 10.5. The molecule has 0 unspecified atom stereocenters. The molecule has 1 amide bonds. The number of anilines is 1. The van der Waals surface area contributed by atoms with Crippen molar-refractivity contribution in [3.05, 3.63) is 72.6 Å². The Morgan fingerprint density at radius 3 is 2.81 bits per heavy atom. The standard InChI is InChI=1S/C23H26N4O3S/c1-4-13-27-21(15-30-18-10-8-9-17(3)14-18)25-26-23(27)31-16-22(28)24-19-11-6-7-12-20(19)29-5-2/h4,6-12,14H,1,5,13,15-16H2,2-3H3,(H,24,28). The van der Waals surface area contributed by atoms with Crippen LogP contribution in [0.2, 0.25) is 0 Å². The highest BCUT2D eigenvalue weighted by atomic mass is 32.2. The molecule has 3 rings (SSSR count). The minimum Gasteiger partial charge on any atom is -0.492 e. The molecule has 31 heavy (non-hydrogen) atoms. The van der Waals surface area contributed by atoms with Gasteiger partial charge in [0.05, 0.1) is 18.0 Å². The Hall–Kier alpha value is -3.26. The van der Waals surface area contributed by atoms with Gasteiger partial charge in [0.1, 0.15) is 18.1 Å². The Balaban J connectivity index is 1.62. The van der Waals surface area contributed by atoms with E-state index in [1.165, 1.54) is 11.8 Å². The van der Waals surface area contributed by atoms with Crippen molar-refractivity contribution in [2.75, 3.05) is 17.7 Å². The van der Waals surface area contributed by atoms with Crippen LogP contribution in [0.15, 0.2) is 66.3 Å². The van der Waals surface area contributed by atoms with Gasteiger partial charge in [-0.1, -0.05) is 42.1 Å². The van der Waals surface area contributed by atoms with Crippen molar-refractivity contribution in [1.82, 2.24) is 14.8 Å². The van der Waals surface area contributed by atoms with Crippen LogP contribution in [-0.4, -0.2) is 33.0 Å². The van der Waals surface area contributed by atoms with E-state index in [4.69, 9.17) is 9.47 Å². The van der Waals surface area contributed by atoms with Crippen LogP contribution in [0.25, 0.3) is 0 Å². The lowest BCUT2D eigenvalue weighted by molar-refractivity contribution is -0.113. The lowest BCUT2D eigenvalue weighted by Gasteiger charge is -2.11. The van der Waals surface area contributed by atoms with Gasteiger partial charge in [-0.2, -0.15) is 0 Å². The van der Waals surface area contributed by atoms with Gasteiger partial charge in [-0.05, 0) is 43.7 Å². The number of nitrogens with zero attached hydrogens (tertiary/aromatic N) is 3. The van der Waals surface area contributed by atoms with Crippen LogP contribution >= 0.6 is 11.8 Å². The molecule has 162 valence electrons. The summed E-state index contributed by atoms with van der Waals surface area (Å²) in [4.78, 5) is 12.5. The Bertz CT molecular complexity index is 1040. The van der Waals surface area contributed by atoms with Gasteiger partial charge in [-0.25, -0.2) is 0 Å². The lowest BCUT2D eigenvalue weighted by atomic mass is 10.2. The molecular formula is C23H26N4O3S. The minimum absolute atomic E-state index is 0.150. The van der Waals surface area contributed by atoms with Crippen LogP contribution in [0.1, 0.15) is 18.3 Å². The van der Waals surface area contributed by atoms with Crippen molar-refractivity contribution < 1.29 is 14.3 Å². The van der Waals surface area contributed by atoms with Gasteiger partial charge in [-0.3, -0.25) is 9.36 Å². The second kappa shape index (κ2) is 11.2. The van der Waals surface area contributed by atoms with Crippen molar-refractivity contribution in [1.29, 1.82) is 0 Å². The van der Waals surface area contributed by atoms with Crippen molar-refractivity contribution in [2.24, 2.45) is 0 Å². The molecule has 1 heterocycles. The fourth-order valence-electron chi connectivity index (χ4n) is 2.87. The molecule has 0 atom stereocenters. The van der Waals surface area contributed by atoms with Gasteiger partial charge in [0, 0.05) is 6.54 Å². The largest absolute Gasteiger partial charge is 0.492 e. The molecule has 0 fully saturated rings. The molecule has 0 saturated heterocycles. The number of rotatable bonds is 11. The number of aromatic nitrogens is 3. The van der Waals surface area contributed by atoms with E-state index in [1.807, 2.05) is 66.9 Å². The predicted molar refractivity (Wildman–Crippen MR) is 123 cm³/mol. The van der Waals surface area contributed by atoms with E-state index in [-0.39, 0.29) is 18.3 Å². The number of ether oxygens (including phenoxy) is 2. The predicted octanol–water partition coefficient (Wildman–Crippen LogP) is 4.48. The highest BCUT2D eigenvalue weighted by Crippen LogP contribution is 2.25. The molecule has 2 aromatic carbocycles. The number of carbonyl (C=O) groups excluding carboxylic acids is 1. The monoisotopic (exact) mass is 438 g/mol. The van der Waals surface area contributed by atoms with E-state index in [1.54, 1.807) is 6.08 Å². The summed E-state index contributed by atoms with van der Waals surface area (Å²) in [7, 11) is 0. The molecule has 0 radical (unpaired) electrons. The molecule has 0 aliphatic heterocycles. The highest BCUT2D eigenvalue weighted by Gasteiger charge is 2.15. The summed E-state index contributed by atoms with van der Waals surface area (Å²) < 4.78 is 13.3. The lowest BCUT2D eigenvalue weighted by Crippen LogP contribution is -2.15. The highest BCUT2D eigenvalue weighted by molar-refractivity contribution is 7.99. The molecule has 0 saturated carbocycles. The number of amides is 1. The molecule has 0 bridgehead atoms. The first-order valence-electron chi connectivity index (χ1n) is 9.97. The second-order valence-electron chi connectivity index (χ2n) is 6.67. The molecule has 7 nitrogen and oxygen atoms in total. The Labute approximate surface area is 186 Å². The first-order chi connectivity index (χ1) is 15.1. The maximum atomic E-state index is 12.5. The van der Waals surface area contributed by atoms with Gasteiger partial charge < -0.3 is 14.8 Å². The van der Waals surface area contributed by atoms with Gasteiger partial charge in [-0.15, -0.1) is 16.8 Å². The smallest absolute Gasteiger partial charge is 0.234 e. The van der Waals surface area contributed by atoms with E-state index in [9.17, 15) is 4.79 Å². The minimum atomic E-state index is -0.150. The number of benzene rings is 2. The number of hydrogen-bond donors (Lipinski definition) is 1. The van der Waals surface area contributed by atoms with Crippen LogP contribution in [0, 0.1) is 6.92 Å². The number of thioether (sulfide) groups is 1. The topological polar surface area (TPSA) is 78.3 Å².